The van der Waals surface area contributed by atoms with E-state index in [1.807, 2.05) is 29.2 Å². The highest BCUT2D eigenvalue weighted by Gasteiger charge is 2.24. The maximum Gasteiger partial charge on any atom is 0.315 e. The number of rotatable bonds is 9. The number of anilines is 4. The molecule has 204 valence electrons. The Kier molecular flexibility index (Phi) is 8.06. The Hall–Kier alpha value is -3.67. The van der Waals surface area contributed by atoms with Crippen LogP contribution in [0, 0.1) is 0 Å². The number of nitrogens with one attached hydrogen (secondary N) is 3. The lowest BCUT2D eigenvalue weighted by molar-refractivity contribution is 0.194. The number of fused-ring (bicyclic) bond motifs is 1. The summed E-state index contributed by atoms with van der Waals surface area (Å²) in [6, 6.07) is 4.26. The average Bonchev–Trinajstić information content (AvgIpc) is 3.60. The van der Waals surface area contributed by atoms with E-state index in [2.05, 4.69) is 49.7 Å². The van der Waals surface area contributed by atoms with Crippen molar-refractivity contribution in [2.75, 3.05) is 61.6 Å². The molecule has 2 fully saturated rings. The van der Waals surface area contributed by atoms with Gasteiger partial charge in [-0.1, -0.05) is 0 Å². The van der Waals surface area contributed by atoms with E-state index in [4.69, 9.17) is 14.7 Å². The Morgan fingerprint density at radius 1 is 1.05 bits per heavy atom. The first kappa shape index (κ1) is 26.0. The summed E-state index contributed by atoms with van der Waals surface area (Å²) in [5.74, 6) is 3.07. The Balaban J connectivity index is 1.31. The number of pyridine rings is 1. The fourth-order valence-corrected chi connectivity index (χ4v) is 5.01. The molecule has 0 bridgehead atoms. The van der Waals surface area contributed by atoms with Gasteiger partial charge >= 0.3 is 6.03 Å². The summed E-state index contributed by atoms with van der Waals surface area (Å²) >= 11 is 0. The number of nitrogens with zero attached hydrogens (tertiary/aromatic N) is 7. The zero-order chi connectivity index (χ0) is 26.5. The fraction of sp³-hybridized carbons (Fsp3) is 0.577. The first-order valence-corrected chi connectivity index (χ1v) is 13.5. The van der Waals surface area contributed by atoms with Crippen LogP contribution in [-0.4, -0.2) is 83.2 Å². The zero-order valence-corrected chi connectivity index (χ0v) is 22.5. The third-order valence-corrected chi connectivity index (χ3v) is 7.06. The van der Waals surface area contributed by atoms with Crippen LogP contribution < -0.4 is 25.8 Å². The van der Waals surface area contributed by atoms with Gasteiger partial charge < -0.3 is 30.5 Å². The average molecular weight is 523 g/mol. The van der Waals surface area contributed by atoms with Gasteiger partial charge in [-0.15, -0.1) is 0 Å². The number of methoxy groups -OCH3 is 1. The minimum absolute atomic E-state index is 0.120. The van der Waals surface area contributed by atoms with Gasteiger partial charge in [0.2, 0.25) is 5.95 Å². The molecule has 0 spiro atoms. The second kappa shape index (κ2) is 11.8. The van der Waals surface area contributed by atoms with E-state index in [0.29, 0.717) is 19.1 Å². The molecule has 3 N–H and O–H groups in total. The first-order chi connectivity index (χ1) is 18.5. The number of carbonyl (C=O) groups is 1. The molecular weight excluding hydrogens is 484 g/mol. The molecule has 0 unspecified atom stereocenters. The summed E-state index contributed by atoms with van der Waals surface area (Å²) < 4.78 is 6.99. The third kappa shape index (κ3) is 6.07. The number of aromatic nitrogens is 5. The van der Waals surface area contributed by atoms with Crippen molar-refractivity contribution in [2.45, 2.75) is 51.6 Å². The molecule has 0 atom stereocenters. The van der Waals surface area contributed by atoms with Crippen molar-refractivity contribution in [2.24, 2.45) is 0 Å². The zero-order valence-electron chi connectivity index (χ0n) is 22.5. The van der Waals surface area contributed by atoms with Gasteiger partial charge in [-0.2, -0.15) is 15.1 Å². The van der Waals surface area contributed by atoms with E-state index in [0.717, 1.165) is 67.4 Å². The molecule has 2 aliphatic rings. The lowest BCUT2D eigenvalue weighted by atomic mass is 10.1. The van der Waals surface area contributed by atoms with Crippen LogP contribution in [-0.2, 0) is 4.74 Å². The molecule has 2 saturated heterocycles. The van der Waals surface area contributed by atoms with Gasteiger partial charge in [-0.25, -0.2) is 9.78 Å². The number of amides is 2. The van der Waals surface area contributed by atoms with E-state index >= 15 is 0 Å². The molecule has 12 nitrogen and oxygen atoms in total. The molecule has 3 aromatic heterocycles. The van der Waals surface area contributed by atoms with Gasteiger partial charge in [0.1, 0.15) is 17.5 Å². The molecule has 0 saturated carbocycles. The monoisotopic (exact) mass is 522 g/mol. The number of hydrogen-bond acceptors (Lipinski definition) is 9. The van der Waals surface area contributed by atoms with Crippen molar-refractivity contribution < 1.29 is 9.53 Å². The molecule has 5 rings (SSSR count). The quantitative estimate of drug-likeness (QED) is 0.364. The van der Waals surface area contributed by atoms with Crippen molar-refractivity contribution >= 4 is 40.3 Å². The molecule has 5 heterocycles. The summed E-state index contributed by atoms with van der Waals surface area (Å²) in [6.45, 7) is 8.76. The van der Waals surface area contributed by atoms with Crippen molar-refractivity contribution in [1.82, 2.24) is 35.4 Å². The highest BCUT2D eigenvalue weighted by molar-refractivity contribution is 5.81. The second-order valence-corrected chi connectivity index (χ2v) is 10.2. The van der Waals surface area contributed by atoms with Crippen molar-refractivity contribution in [3.8, 4) is 0 Å². The van der Waals surface area contributed by atoms with Crippen LogP contribution in [0.1, 0.15) is 45.6 Å². The molecule has 2 amide bonds. The van der Waals surface area contributed by atoms with Crippen LogP contribution in [0.15, 0.2) is 24.5 Å². The lowest BCUT2D eigenvalue weighted by Crippen LogP contribution is -2.48. The number of hydrogen-bond donors (Lipinski definition) is 3. The molecule has 12 heteroatoms. The lowest BCUT2D eigenvalue weighted by Gasteiger charge is -2.33. The molecule has 0 radical (unpaired) electrons. The largest absolute Gasteiger partial charge is 0.383 e. The van der Waals surface area contributed by atoms with Crippen LogP contribution in [0.2, 0.25) is 0 Å². The summed E-state index contributed by atoms with van der Waals surface area (Å²) in [5.41, 5.74) is 1.03. The molecule has 0 aliphatic carbocycles. The Morgan fingerprint density at radius 3 is 2.58 bits per heavy atom. The number of carbonyl (C=O) groups excluding carboxylic acids is 1. The minimum Gasteiger partial charge on any atom is -0.383 e. The number of piperidine rings is 1. The number of ether oxygens (including phenoxy) is 1. The van der Waals surface area contributed by atoms with Gasteiger partial charge in [0.15, 0.2) is 0 Å². The van der Waals surface area contributed by atoms with Crippen molar-refractivity contribution in [1.29, 1.82) is 0 Å². The van der Waals surface area contributed by atoms with Gasteiger partial charge in [0, 0.05) is 75.6 Å². The van der Waals surface area contributed by atoms with Gasteiger partial charge in [-0.05, 0) is 39.5 Å². The maximum absolute atomic E-state index is 12.1. The van der Waals surface area contributed by atoms with Gasteiger partial charge in [0.25, 0.3) is 0 Å². The third-order valence-electron chi connectivity index (χ3n) is 7.06. The van der Waals surface area contributed by atoms with Crippen LogP contribution in [0.25, 0.3) is 10.9 Å². The summed E-state index contributed by atoms with van der Waals surface area (Å²) in [6.07, 6.45) is 7.69. The molecule has 0 aromatic carbocycles. The van der Waals surface area contributed by atoms with E-state index in [1.54, 1.807) is 7.11 Å². The van der Waals surface area contributed by atoms with Crippen LogP contribution >= 0.6 is 0 Å². The molecule has 2 aliphatic heterocycles. The molecule has 38 heavy (non-hydrogen) atoms. The van der Waals surface area contributed by atoms with Crippen LogP contribution in [0.3, 0.4) is 0 Å². The van der Waals surface area contributed by atoms with Crippen molar-refractivity contribution in [3.63, 3.8) is 0 Å². The Bertz CT molecular complexity index is 1230. The predicted octanol–water partition coefficient (Wildman–Crippen LogP) is 3.06. The second-order valence-electron chi connectivity index (χ2n) is 10.2. The minimum atomic E-state index is -0.150. The first-order valence-electron chi connectivity index (χ1n) is 13.5. The van der Waals surface area contributed by atoms with E-state index in [-0.39, 0.29) is 18.1 Å². The van der Waals surface area contributed by atoms with E-state index in [1.165, 1.54) is 12.8 Å². The molecular formula is C26H38N10O2. The van der Waals surface area contributed by atoms with E-state index < -0.39 is 0 Å². The maximum atomic E-state index is 12.1. The van der Waals surface area contributed by atoms with Crippen LogP contribution in [0.4, 0.5) is 28.2 Å². The number of urea groups is 1. The van der Waals surface area contributed by atoms with E-state index in [9.17, 15) is 4.79 Å². The Morgan fingerprint density at radius 2 is 1.84 bits per heavy atom. The summed E-state index contributed by atoms with van der Waals surface area (Å²) in [7, 11) is 1.62. The summed E-state index contributed by atoms with van der Waals surface area (Å²) in [4.78, 5) is 31.1. The topological polar surface area (TPSA) is 125 Å². The predicted molar refractivity (Wildman–Crippen MR) is 148 cm³/mol. The standard InChI is InChI=1S/C26H38N10O2/c1-18(2)36-21-14-22(28-16-19(21)17-29-36)31-23-15-24(34-9-4-5-10-34)33-25(32-23)35-11-6-20(7-12-35)30-26(37)27-8-13-38-3/h14-18,20H,4-13H2,1-3H3,(H2,27,30,37)(H,28,31,32,33). The smallest absolute Gasteiger partial charge is 0.315 e. The highest BCUT2D eigenvalue weighted by atomic mass is 16.5. The SMILES string of the molecule is COCCNC(=O)NC1CCN(c2nc(Nc3cc4c(cn3)cnn4C(C)C)cc(N3CCCC3)n2)CC1. The van der Waals surface area contributed by atoms with Gasteiger partial charge in [-0.3, -0.25) is 4.68 Å². The van der Waals surface area contributed by atoms with Gasteiger partial charge in [0.05, 0.1) is 18.3 Å². The fourth-order valence-electron chi connectivity index (χ4n) is 5.01. The highest BCUT2D eigenvalue weighted by Crippen LogP contribution is 2.28. The normalized spacial score (nSPS) is 16.4. The van der Waals surface area contributed by atoms with Crippen LogP contribution in [0.5, 0.6) is 0 Å². The molecule has 3 aromatic rings. The Labute approximate surface area is 223 Å². The van der Waals surface area contributed by atoms with Crippen molar-refractivity contribution in [3.05, 3.63) is 24.5 Å². The summed E-state index contributed by atoms with van der Waals surface area (Å²) in [5, 5.41) is 14.8.